The number of amides is 2. The van der Waals surface area contributed by atoms with Crippen LogP contribution in [0.2, 0.25) is 0 Å². The molecule has 66 valence electrons. The van der Waals surface area contributed by atoms with Gasteiger partial charge in [-0.2, -0.15) is 0 Å². The van der Waals surface area contributed by atoms with Gasteiger partial charge in [0.15, 0.2) is 0 Å². The van der Waals surface area contributed by atoms with Crippen molar-refractivity contribution >= 4 is 18.0 Å². The summed E-state index contributed by atoms with van der Waals surface area (Å²) in [5.41, 5.74) is 4.61. The van der Waals surface area contributed by atoms with Crippen molar-refractivity contribution in [3.8, 4) is 0 Å². The molecule has 12 heavy (non-hydrogen) atoms. The lowest BCUT2D eigenvalue weighted by Crippen LogP contribution is -2.26. The van der Waals surface area contributed by atoms with Crippen LogP contribution in [-0.2, 0) is 14.3 Å². The van der Waals surface area contributed by atoms with Gasteiger partial charge in [-0.1, -0.05) is 0 Å². The number of carbonyl (C=O) groups excluding carboxylic acids is 3. The van der Waals surface area contributed by atoms with Gasteiger partial charge in [0.25, 0.3) is 0 Å². The Morgan fingerprint density at radius 2 is 2.25 bits per heavy atom. The van der Waals surface area contributed by atoms with Crippen molar-refractivity contribution < 1.29 is 19.1 Å². The first kappa shape index (κ1) is 8.51. The number of carbonyl (C=O) groups is 3. The average molecular weight is 172 g/mol. The maximum atomic E-state index is 10.9. The van der Waals surface area contributed by atoms with Crippen molar-refractivity contribution in [3.63, 3.8) is 0 Å². The van der Waals surface area contributed by atoms with Crippen LogP contribution in [0, 0.1) is 5.92 Å². The summed E-state index contributed by atoms with van der Waals surface area (Å²) < 4.78 is 4.09. The first-order valence-electron chi connectivity index (χ1n) is 3.37. The Morgan fingerprint density at radius 1 is 1.58 bits per heavy atom. The predicted octanol–water partition coefficient (Wildman–Crippen LogP) is -1.26. The van der Waals surface area contributed by atoms with Crippen molar-refractivity contribution in [2.24, 2.45) is 11.7 Å². The monoisotopic (exact) mass is 172 g/mol. The van der Waals surface area contributed by atoms with Gasteiger partial charge in [0, 0.05) is 13.0 Å². The molecule has 1 saturated heterocycles. The first-order chi connectivity index (χ1) is 5.59. The summed E-state index contributed by atoms with van der Waals surface area (Å²) in [7, 11) is 0. The molecule has 1 fully saturated rings. The van der Waals surface area contributed by atoms with Gasteiger partial charge in [-0.05, 0) is 0 Å². The molecule has 0 aromatic carbocycles. The molecule has 1 heterocycles. The summed E-state index contributed by atoms with van der Waals surface area (Å²) in [6.07, 6.45) is -1.08. The maximum Gasteiger partial charge on any atom is 0.412 e. The number of nitrogens with two attached hydrogens (primary N) is 1. The minimum atomic E-state index is -1.14. The molecule has 6 heteroatoms. The normalized spacial score (nSPS) is 21.7. The van der Waals surface area contributed by atoms with E-state index >= 15 is 0 Å². The molecule has 2 amide bonds. The largest absolute Gasteiger partial charge is 0.412 e. The number of primary amides is 1. The molecule has 0 aromatic heterocycles. The van der Waals surface area contributed by atoms with Crippen molar-refractivity contribution in [3.05, 3.63) is 0 Å². The van der Waals surface area contributed by atoms with Gasteiger partial charge < -0.3 is 15.8 Å². The van der Waals surface area contributed by atoms with Gasteiger partial charge in [0.05, 0.1) is 5.92 Å². The van der Waals surface area contributed by atoms with Gasteiger partial charge >= 0.3 is 12.1 Å². The van der Waals surface area contributed by atoms with Crippen molar-refractivity contribution in [1.82, 2.24) is 5.32 Å². The highest BCUT2D eigenvalue weighted by molar-refractivity contribution is 5.91. The molecule has 0 radical (unpaired) electrons. The number of hydrogen-bond donors (Lipinski definition) is 2. The van der Waals surface area contributed by atoms with Crippen molar-refractivity contribution in [2.75, 3.05) is 6.54 Å². The highest BCUT2D eigenvalue weighted by Gasteiger charge is 2.30. The quantitative estimate of drug-likeness (QED) is 0.381. The molecule has 0 saturated carbocycles. The zero-order valence-electron chi connectivity index (χ0n) is 6.20. The zero-order chi connectivity index (χ0) is 9.14. The van der Waals surface area contributed by atoms with E-state index in [1.54, 1.807) is 0 Å². The molecule has 1 atom stereocenters. The lowest BCUT2D eigenvalue weighted by atomic mass is 10.1. The summed E-state index contributed by atoms with van der Waals surface area (Å²) in [5.74, 6) is -1.55. The van der Waals surface area contributed by atoms with Crippen LogP contribution < -0.4 is 11.1 Å². The third kappa shape index (κ3) is 1.94. The fourth-order valence-corrected chi connectivity index (χ4v) is 0.954. The average Bonchev–Trinajstić information content (AvgIpc) is 2.34. The second-order valence-electron chi connectivity index (χ2n) is 2.45. The van der Waals surface area contributed by atoms with Crippen LogP contribution in [0.25, 0.3) is 0 Å². The Morgan fingerprint density at radius 3 is 2.67 bits per heavy atom. The number of rotatable bonds is 1. The Hall–Kier alpha value is -1.59. The fourth-order valence-electron chi connectivity index (χ4n) is 0.954. The second kappa shape index (κ2) is 3.21. The first-order valence-corrected chi connectivity index (χ1v) is 3.37. The molecular formula is C6H8N2O4. The van der Waals surface area contributed by atoms with E-state index in [2.05, 4.69) is 15.8 Å². The third-order valence-corrected chi connectivity index (χ3v) is 1.51. The van der Waals surface area contributed by atoms with E-state index in [9.17, 15) is 14.4 Å². The Kier molecular flexibility index (Phi) is 2.27. The lowest BCUT2D eigenvalue weighted by Gasteiger charge is -2.02. The Bertz CT molecular complexity index is 238. The molecule has 3 N–H and O–H groups in total. The van der Waals surface area contributed by atoms with E-state index in [1.165, 1.54) is 0 Å². The number of hydrogen-bond acceptors (Lipinski definition) is 4. The van der Waals surface area contributed by atoms with E-state index in [0.29, 0.717) is 0 Å². The summed E-state index contributed by atoms with van der Waals surface area (Å²) in [6.45, 7) is 0.213. The van der Waals surface area contributed by atoms with Crippen LogP contribution in [0.5, 0.6) is 0 Å². The highest BCUT2D eigenvalue weighted by Crippen LogP contribution is 2.10. The van der Waals surface area contributed by atoms with E-state index in [1.807, 2.05) is 0 Å². The standard InChI is InChI=1S/C6H8N2O4/c7-6(11)12-5(10)3-1-4(9)8-2-3/h3H,1-2H2,(H2,7,11)(H,8,9). The minimum absolute atomic E-state index is 0.0616. The van der Waals surface area contributed by atoms with Gasteiger partial charge in [0.1, 0.15) is 0 Å². The Balaban J connectivity index is 2.43. The van der Waals surface area contributed by atoms with Crippen LogP contribution >= 0.6 is 0 Å². The number of ether oxygens (including phenoxy) is 1. The van der Waals surface area contributed by atoms with Gasteiger partial charge in [-0.3, -0.25) is 9.59 Å². The molecule has 0 bridgehead atoms. The topological polar surface area (TPSA) is 98.5 Å². The van der Waals surface area contributed by atoms with Crippen molar-refractivity contribution in [2.45, 2.75) is 6.42 Å². The molecule has 1 unspecified atom stereocenters. The summed E-state index contributed by atoms with van der Waals surface area (Å²) in [5, 5.41) is 2.43. The number of nitrogens with one attached hydrogen (secondary N) is 1. The third-order valence-electron chi connectivity index (χ3n) is 1.51. The second-order valence-corrected chi connectivity index (χ2v) is 2.45. The molecule has 1 aliphatic heterocycles. The maximum absolute atomic E-state index is 10.9. The summed E-state index contributed by atoms with van der Waals surface area (Å²) in [6, 6.07) is 0. The zero-order valence-corrected chi connectivity index (χ0v) is 6.20. The molecule has 0 aliphatic carbocycles. The van der Waals surface area contributed by atoms with Gasteiger partial charge in [-0.15, -0.1) is 0 Å². The highest BCUT2D eigenvalue weighted by atomic mass is 16.6. The summed E-state index contributed by atoms with van der Waals surface area (Å²) in [4.78, 5) is 31.6. The van der Waals surface area contributed by atoms with Crippen LogP contribution in [0.15, 0.2) is 0 Å². The van der Waals surface area contributed by atoms with Gasteiger partial charge in [-0.25, -0.2) is 4.79 Å². The molecule has 1 rings (SSSR count). The van der Waals surface area contributed by atoms with E-state index in [0.717, 1.165) is 0 Å². The van der Waals surface area contributed by atoms with Crippen LogP contribution in [0.1, 0.15) is 6.42 Å². The SMILES string of the molecule is NC(=O)OC(=O)C1CNC(=O)C1. The molecular weight excluding hydrogens is 164 g/mol. The van der Waals surface area contributed by atoms with E-state index in [-0.39, 0.29) is 18.9 Å². The molecule has 1 aliphatic rings. The van der Waals surface area contributed by atoms with E-state index < -0.39 is 18.0 Å². The van der Waals surface area contributed by atoms with Crippen molar-refractivity contribution in [1.29, 1.82) is 0 Å². The van der Waals surface area contributed by atoms with Crippen LogP contribution in [-0.4, -0.2) is 24.5 Å². The Labute approximate surface area is 68.0 Å². The number of esters is 1. The van der Waals surface area contributed by atoms with Crippen LogP contribution in [0.4, 0.5) is 4.79 Å². The van der Waals surface area contributed by atoms with Crippen LogP contribution in [0.3, 0.4) is 0 Å². The summed E-state index contributed by atoms with van der Waals surface area (Å²) >= 11 is 0. The van der Waals surface area contributed by atoms with Gasteiger partial charge in [0.2, 0.25) is 5.91 Å². The lowest BCUT2D eigenvalue weighted by molar-refractivity contribution is -0.141. The fraction of sp³-hybridized carbons (Fsp3) is 0.500. The molecule has 6 nitrogen and oxygen atoms in total. The molecule has 0 spiro atoms. The minimum Gasteiger partial charge on any atom is -0.376 e. The predicted molar refractivity (Wildman–Crippen MR) is 36.8 cm³/mol. The smallest absolute Gasteiger partial charge is 0.376 e. The molecule has 0 aromatic rings. The van der Waals surface area contributed by atoms with E-state index in [4.69, 9.17) is 0 Å².